The van der Waals surface area contributed by atoms with E-state index in [1.54, 1.807) is 24.3 Å². The number of carbonyl (C=O) groups is 1. The zero-order chi connectivity index (χ0) is 17.4. The molecule has 0 unspecified atom stereocenters. The first kappa shape index (κ1) is 17.3. The summed E-state index contributed by atoms with van der Waals surface area (Å²) in [6.07, 6.45) is 1.60. The molecule has 0 radical (unpaired) electrons. The molecule has 2 rings (SSSR count). The van der Waals surface area contributed by atoms with Crippen LogP contribution in [0.15, 0.2) is 60.2 Å². The van der Waals surface area contributed by atoms with Gasteiger partial charge in [0.05, 0.1) is 6.10 Å². The molecule has 0 spiro atoms. The molecule has 4 heteroatoms. The molecule has 0 bridgehead atoms. The van der Waals surface area contributed by atoms with E-state index in [4.69, 9.17) is 9.47 Å². The summed E-state index contributed by atoms with van der Waals surface area (Å²) in [5, 5.41) is 9.18. The summed E-state index contributed by atoms with van der Waals surface area (Å²) in [7, 11) is 0. The van der Waals surface area contributed by atoms with Gasteiger partial charge in [-0.25, -0.2) is 4.79 Å². The van der Waals surface area contributed by atoms with Gasteiger partial charge in [0.15, 0.2) is 0 Å². The van der Waals surface area contributed by atoms with Crippen LogP contribution < -0.4 is 4.74 Å². The van der Waals surface area contributed by atoms with Gasteiger partial charge in [0.25, 0.3) is 0 Å². The van der Waals surface area contributed by atoms with Crippen molar-refractivity contribution in [2.75, 3.05) is 0 Å². The minimum Gasteiger partial charge on any atom is -0.491 e. The zero-order valence-electron chi connectivity index (χ0n) is 13.7. The van der Waals surface area contributed by atoms with E-state index in [1.807, 2.05) is 50.2 Å². The maximum Gasteiger partial charge on any atom is 0.349 e. The van der Waals surface area contributed by atoms with Gasteiger partial charge in [-0.05, 0) is 43.2 Å². The van der Waals surface area contributed by atoms with E-state index >= 15 is 0 Å². The van der Waals surface area contributed by atoms with Gasteiger partial charge in [-0.15, -0.1) is 0 Å². The monoisotopic (exact) mass is 321 g/mol. The van der Waals surface area contributed by atoms with E-state index in [0.717, 1.165) is 16.9 Å². The third-order valence-electron chi connectivity index (χ3n) is 3.12. The summed E-state index contributed by atoms with van der Waals surface area (Å²) in [6, 6.07) is 18.4. The SMILES string of the molecule is CC(C)Oc1ccc(/C=C(\C#N)C(=O)OCc2ccccc2)cc1. The predicted octanol–water partition coefficient (Wildman–Crippen LogP) is 4.12. The van der Waals surface area contributed by atoms with Crippen LogP contribution in [0.2, 0.25) is 0 Å². The van der Waals surface area contributed by atoms with E-state index in [1.165, 1.54) is 6.08 Å². The van der Waals surface area contributed by atoms with Gasteiger partial charge in [-0.2, -0.15) is 5.26 Å². The zero-order valence-corrected chi connectivity index (χ0v) is 13.7. The lowest BCUT2D eigenvalue weighted by Crippen LogP contribution is -2.07. The second-order valence-electron chi connectivity index (χ2n) is 5.47. The highest BCUT2D eigenvalue weighted by atomic mass is 16.5. The molecule has 0 saturated carbocycles. The van der Waals surface area contributed by atoms with E-state index in [2.05, 4.69) is 0 Å². The maximum absolute atomic E-state index is 12.0. The molecular weight excluding hydrogens is 302 g/mol. The van der Waals surface area contributed by atoms with Crippen molar-refractivity contribution in [3.05, 3.63) is 71.3 Å². The fourth-order valence-corrected chi connectivity index (χ4v) is 2.02. The summed E-state index contributed by atoms with van der Waals surface area (Å²) in [6.45, 7) is 4.04. The van der Waals surface area contributed by atoms with Crippen LogP contribution in [0, 0.1) is 11.3 Å². The number of benzene rings is 2. The average molecular weight is 321 g/mol. The molecule has 0 aromatic heterocycles. The second kappa shape index (κ2) is 8.54. The van der Waals surface area contributed by atoms with Crippen molar-refractivity contribution in [3.8, 4) is 11.8 Å². The van der Waals surface area contributed by atoms with Crippen LogP contribution in [0.5, 0.6) is 5.75 Å². The lowest BCUT2D eigenvalue weighted by Gasteiger charge is -2.09. The molecule has 122 valence electrons. The van der Waals surface area contributed by atoms with Gasteiger partial charge in [-0.3, -0.25) is 0 Å². The Bertz CT molecular complexity index is 741. The number of nitriles is 1. The highest BCUT2D eigenvalue weighted by Gasteiger charge is 2.11. The molecule has 0 aliphatic heterocycles. The summed E-state index contributed by atoms with van der Waals surface area (Å²) in [4.78, 5) is 12.0. The first-order chi connectivity index (χ1) is 11.6. The third kappa shape index (κ3) is 5.29. The average Bonchev–Trinajstić information content (AvgIpc) is 2.59. The largest absolute Gasteiger partial charge is 0.491 e. The fourth-order valence-electron chi connectivity index (χ4n) is 2.02. The van der Waals surface area contributed by atoms with Crippen molar-refractivity contribution in [1.82, 2.24) is 0 Å². The highest BCUT2D eigenvalue weighted by molar-refractivity contribution is 5.97. The Morgan fingerprint density at radius 3 is 2.38 bits per heavy atom. The van der Waals surface area contributed by atoms with Crippen molar-refractivity contribution in [2.45, 2.75) is 26.6 Å². The number of nitrogens with zero attached hydrogens (tertiary/aromatic N) is 1. The van der Waals surface area contributed by atoms with Crippen molar-refractivity contribution in [3.63, 3.8) is 0 Å². The lowest BCUT2D eigenvalue weighted by atomic mass is 10.1. The van der Waals surface area contributed by atoms with Crippen LogP contribution in [-0.4, -0.2) is 12.1 Å². The summed E-state index contributed by atoms with van der Waals surface area (Å²) in [5.41, 5.74) is 1.57. The number of ether oxygens (including phenoxy) is 2. The standard InChI is InChI=1S/C20H19NO3/c1-15(2)24-19-10-8-16(9-11-19)12-18(13-21)20(22)23-14-17-6-4-3-5-7-17/h3-12,15H,14H2,1-2H3/b18-12+. The molecule has 0 atom stereocenters. The van der Waals surface area contributed by atoms with Gasteiger partial charge in [0.1, 0.15) is 24.0 Å². The van der Waals surface area contributed by atoms with Gasteiger partial charge in [0.2, 0.25) is 0 Å². The number of hydrogen-bond donors (Lipinski definition) is 0. The lowest BCUT2D eigenvalue weighted by molar-refractivity contribution is -0.139. The molecule has 2 aromatic carbocycles. The second-order valence-corrected chi connectivity index (χ2v) is 5.47. The Balaban J connectivity index is 2.02. The van der Waals surface area contributed by atoms with Crippen LogP contribution >= 0.6 is 0 Å². The van der Waals surface area contributed by atoms with Crippen LogP contribution in [0.4, 0.5) is 0 Å². The topological polar surface area (TPSA) is 59.3 Å². The van der Waals surface area contributed by atoms with E-state index in [9.17, 15) is 10.1 Å². The van der Waals surface area contributed by atoms with Crippen molar-refractivity contribution in [2.24, 2.45) is 0 Å². The molecule has 0 fully saturated rings. The molecule has 0 N–H and O–H groups in total. The number of rotatable bonds is 6. The van der Waals surface area contributed by atoms with Crippen molar-refractivity contribution in [1.29, 1.82) is 5.26 Å². The van der Waals surface area contributed by atoms with Crippen LogP contribution in [0.3, 0.4) is 0 Å². The summed E-state index contributed by atoms with van der Waals surface area (Å²) < 4.78 is 10.7. The first-order valence-corrected chi connectivity index (χ1v) is 7.68. The number of hydrogen-bond acceptors (Lipinski definition) is 4. The molecule has 4 nitrogen and oxygen atoms in total. The Hall–Kier alpha value is -3.06. The first-order valence-electron chi connectivity index (χ1n) is 7.68. The predicted molar refractivity (Wildman–Crippen MR) is 92.0 cm³/mol. The Labute approximate surface area is 141 Å². The Morgan fingerprint density at radius 2 is 1.79 bits per heavy atom. The van der Waals surface area contributed by atoms with Crippen molar-refractivity contribution < 1.29 is 14.3 Å². The van der Waals surface area contributed by atoms with Crippen molar-refractivity contribution >= 4 is 12.0 Å². The van der Waals surface area contributed by atoms with Gasteiger partial charge < -0.3 is 9.47 Å². The maximum atomic E-state index is 12.0. The highest BCUT2D eigenvalue weighted by Crippen LogP contribution is 2.16. The quantitative estimate of drug-likeness (QED) is 0.456. The normalized spacial score (nSPS) is 11.0. The van der Waals surface area contributed by atoms with E-state index in [0.29, 0.717) is 0 Å². The summed E-state index contributed by atoms with van der Waals surface area (Å²) >= 11 is 0. The molecule has 0 saturated heterocycles. The Kier molecular flexibility index (Phi) is 6.16. The third-order valence-corrected chi connectivity index (χ3v) is 3.12. The molecule has 2 aromatic rings. The molecule has 0 amide bonds. The number of esters is 1. The smallest absolute Gasteiger partial charge is 0.349 e. The van der Waals surface area contributed by atoms with Crippen LogP contribution in [0.25, 0.3) is 6.08 Å². The Morgan fingerprint density at radius 1 is 1.12 bits per heavy atom. The number of carbonyl (C=O) groups excluding carboxylic acids is 1. The molecule has 0 aliphatic rings. The van der Waals surface area contributed by atoms with Gasteiger partial charge >= 0.3 is 5.97 Å². The minimum absolute atomic E-state index is 0.0385. The van der Waals surface area contributed by atoms with E-state index < -0.39 is 5.97 Å². The molecule has 0 aliphatic carbocycles. The van der Waals surface area contributed by atoms with E-state index in [-0.39, 0.29) is 18.3 Å². The fraction of sp³-hybridized carbons (Fsp3) is 0.200. The minimum atomic E-state index is -0.635. The van der Waals surface area contributed by atoms with Crippen LogP contribution in [0.1, 0.15) is 25.0 Å². The summed E-state index contributed by atoms with van der Waals surface area (Å²) in [5.74, 6) is 0.108. The molecule has 0 heterocycles. The van der Waals surface area contributed by atoms with Gasteiger partial charge in [0, 0.05) is 0 Å². The van der Waals surface area contributed by atoms with Gasteiger partial charge in [-0.1, -0.05) is 42.5 Å². The molecular formula is C20H19NO3. The molecule has 24 heavy (non-hydrogen) atoms. The van der Waals surface area contributed by atoms with Crippen LogP contribution in [-0.2, 0) is 16.1 Å².